The van der Waals surface area contributed by atoms with Crippen LogP contribution < -0.4 is 9.64 Å². The Bertz CT molecular complexity index is 3500. The second-order valence-electron chi connectivity index (χ2n) is 15.9. The number of fused-ring (bicyclic) bond motifs is 15. The van der Waals surface area contributed by atoms with E-state index in [-0.39, 0.29) is 0 Å². The topological polar surface area (TPSA) is 25.6 Å². The molecule has 0 unspecified atom stereocenters. The van der Waals surface area contributed by atoms with Gasteiger partial charge in [-0.3, -0.25) is 0 Å². The highest BCUT2D eigenvalue weighted by molar-refractivity contribution is 6.21. The quantitative estimate of drug-likeness (QED) is 0.178. The van der Waals surface area contributed by atoms with Crippen molar-refractivity contribution in [3.63, 3.8) is 0 Å². The Kier molecular flexibility index (Phi) is 6.93. The van der Waals surface area contributed by atoms with Crippen molar-refractivity contribution in [1.29, 1.82) is 0 Å². The Morgan fingerprint density at radius 3 is 1.82 bits per heavy atom. The lowest BCUT2D eigenvalue weighted by Gasteiger charge is -2.39. The minimum atomic E-state index is -0.606. The molecule has 13 rings (SSSR count). The number of rotatable bonds is 4. The van der Waals surface area contributed by atoms with Gasteiger partial charge < -0.3 is 14.1 Å². The summed E-state index contributed by atoms with van der Waals surface area (Å²) in [5.41, 5.74) is 14.0. The molecule has 1 aliphatic heterocycles. The fraction of sp³-hybridized carbons (Fsp3) is 0.0175. The molecular formula is C57H35NO2. The average Bonchev–Trinajstić information content (AvgIpc) is 3.85. The summed E-state index contributed by atoms with van der Waals surface area (Å²) in [6.45, 7) is 0. The molecule has 11 aromatic rings. The minimum Gasteiger partial charge on any atom is -0.457 e. The van der Waals surface area contributed by atoms with Gasteiger partial charge in [-0.25, -0.2) is 0 Å². The van der Waals surface area contributed by atoms with Crippen LogP contribution in [0.3, 0.4) is 0 Å². The van der Waals surface area contributed by atoms with Gasteiger partial charge in [0.05, 0.1) is 27.9 Å². The molecule has 0 saturated carbocycles. The lowest BCUT2D eigenvalue weighted by atomic mass is 9.66. The molecule has 0 radical (unpaired) electrons. The number of furan rings is 1. The second kappa shape index (κ2) is 12.6. The first-order valence-electron chi connectivity index (χ1n) is 20.6. The van der Waals surface area contributed by atoms with Crippen molar-refractivity contribution in [2.75, 3.05) is 4.90 Å². The highest BCUT2D eigenvalue weighted by atomic mass is 16.5. The van der Waals surface area contributed by atoms with Crippen LogP contribution in [0.1, 0.15) is 22.3 Å². The third-order valence-corrected chi connectivity index (χ3v) is 12.9. The number of ether oxygens (including phenoxy) is 1. The SMILES string of the molecule is c1ccc(-c2ccc(N(c3cccc4c3-c3ccccc3C43c4ccccc4Oc4ccccc43)c3cccc4oc5c6ccccc6ccc5c34)c3ccccc23)cc1. The summed E-state index contributed by atoms with van der Waals surface area (Å²) in [7, 11) is 0. The van der Waals surface area contributed by atoms with Gasteiger partial charge >= 0.3 is 0 Å². The molecule has 3 heteroatoms. The Morgan fingerprint density at radius 2 is 1.00 bits per heavy atom. The number of benzene rings is 10. The molecule has 0 bridgehead atoms. The van der Waals surface area contributed by atoms with E-state index in [1.165, 1.54) is 38.8 Å². The molecule has 3 nitrogen and oxygen atoms in total. The normalized spacial score (nSPS) is 13.3. The Morgan fingerprint density at radius 1 is 0.367 bits per heavy atom. The summed E-state index contributed by atoms with van der Waals surface area (Å²) >= 11 is 0. The van der Waals surface area contributed by atoms with Crippen LogP contribution in [0.25, 0.3) is 65.7 Å². The van der Waals surface area contributed by atoms with E-state index in [0.29, 0.717) is 0 Å². The molecule has 0 N–H and O–H groups in total. The molecule has 280 valence electrons. The number of para-hydroxylation sites is 2. The van der Waals surface area contributed by atoms with Gasteiger partial charge in [0, 0.05) is 32.8 Å². The summed E-state index contributed by atoms with van der Waals surface area (Å²) in [5, 5.41) is 6.79. The molecule has 1 aliphatic carbocycles. The van der Waals surface area contributed by atoms with Gasteiger partial charge in [0.15, 0.2) is 0 Å². The summed E-state index contributed by atoms with van der Waals surface area (Å²) in [5.74, 6) is 1.76. The molecule has 0 fully saturated rings. The van der Waals surface area contributed by atoms with Crippen LogP contribution in [0.5, 0.6) is 11.5 Å². The van der Waals surface area contributed by atoms with Gasteiger partial charge in [0.25, 0.3) is 0 Å². The van der Waals surface area contributed by atoms with E-state index in [1.807, 2.05) is 0 Å². The van der Waals surface area contributed by atoms with Gasteiger partial charge in [0.1, 0.15) is 22.7 Å². The predicted octanol–water partition coefficient (Wildman–Crippen LogP) is 15.5. The largest absolute Gasteiger partial charge is 0.457 e. The molecule has 60 heavy (non-hydrogen) atoms. The van der Waals surface area contributed by atoms with Crippen LogP contribution in [-0.4, -0.2) is 0 Å². The maximum absolute atomic E-state index is 6.87. The summed E-state index contributed by atoms with van der Waals surface area (Å²) in [6.07, 6.45) is 0. The lowest BCUT2D eigenvalue weighted by Crippen LogP contribution is -2.32. The summed E-state index contributed by atoms with van der Waals surface area (Å²) < 4.78 is 13.6. The van der Waals surface area contributed by atoms with Gasteiger partial charge in [-0.15, -0.1) is 0 Å². The van der Waals surface area contributed by atoms with Crippen molar-refractivity contribution in [1.82, 2.24) is 0 Å². The van der Waals surface area contributed by atoms with Crippen molar-refractivity contribution in [2.45, 2.75) is 5.41 Å². The van der Waals surface area contributed by atoms with E-state index >= 15 is 0 Å². The fourth-order valence-electron chi connectivity index (χ4n) is 10.5. The molecule has 0 amide bonds. The van der Waals surface area contributed by atoms with Crippen molar-refractivity contribution >= 4 is 60.5 Å². The average molecular weight is 766 g/mol. The van der Waals surface area contributed by atoms with Gasteiger partial charge in [-0.05, 0) is 81.1 Å². The van der Waals surface area contributed by atoms with E-state index < -0.39 is 5.41 Å². The third kappa shape index (κ3) is 4.44. The monoisotopic (exact) mass is 765 g/mol. The lowest BCUT2D eigenvalue weighted by molar-refractivity contribution is 0.436. The van der Waals surface area contributed by atoms with Crippen LogP contribution >= 0.6 is 0 Å². The van der Waals surface area contributed by atoms with Crippen molar-refractivity contribution in [3.05, 3.63) is 235 Å². The zero-order valence-electron chi connectivity index (χ0n) is 32.5. The molecule has 1 aromatic heterocycles. The molecule has 1 spiro atoms. The first-order chi connectivity index (χ1) is 29.8. The highest BCUT2D eigenvalue weighted by Crippen LogP contribution is 2.64. The second-order valence-corrected chi connectivity index (χ2v) is 15.9. The van der Waals surface area contributed by atoms with Gasteiger partial charge in [-0.1, -0.05) is 170 Å². The molecular weight excluding hydrogens is 731 g/mol. The number of hydrogen-bond acceptors (Lipinski definition) is 3. The maximum atomic E-state index is 6.87. The predicted molar refractivity (Wildman–Crippen MR) is 246 cm³/mol. The van der Waals surface area contributed by atoms with Gasteiger partial charge in [0.2, 0.25) is 0 Å². The van der Waals surface area contributed by atoms with Crippen molar-refractivity contribution < 1.29 is 9.15 Å². The summed E-state index contributed by atoms with van der Waals surface area (Å²) in [6, 6.07) is 76.7. The number of nitrogens with zero attached hydrogens (tertiary/aromatic N) is 1. The smallest absolute Gasteiger partial charge is 0.143 e. The molecule has 0 saturated heterocycles. The van der Waals surface area contributed by atoms with E-state index in [1.54, 1.807) is 0 Å². The standard InChI is InChI=1S/C57H35NO2/c1-2-16-36(17-3-1)38-34-35-48(41-21-7-6-20-40(38)41)58(50-28-15-31-53-55(50)43-33-32-37-18-4-5-19-39(37)56(43)60-53)49-27-14-26-47-54(49)42-22-8-9-23-44(42)57(47)45-24-10-12-29-51(45)59-52-30-13-11-25-46(52)57/h1-35H. The van der Waals surface area contributed by atoms with Gasteiger partial charge in [-0.2, -0.15) is 0 Å². The van der Waals surface area contributed by atoms with Crippen LogP contribution in [0.15, 0.2) is 217 Å². The van der Waals surface area contributed by atoms with E-state index in [9.17, 15) is 0 Å². The highest BCUT2D eigenvalue weighted by Gasteiger charge is 2.52. The molecule has 10 aromatic carbocycles. The van der Waals surface area contributed by atoms with Crippen molar-refractivity contribution in [2.24, 2.45) is 0 Å². The van der Waals surface area contributed by atoms with Crippen LogP contribution in [0.4, 0.5) is 17.1 Å². The molecule has 2 heterocycles. The van der Waals surface area contributed by atoms with Crippen molar-refractivity contribution in [3.8, 4) is 33.8 Å². The Hall–Kier alpha value is -7.88. The Labute approximate surface area is 347 Å². The molecule has 0 atom stereocenters. The first kappa shape index (κ1) is 33.1. The van der Waals surface area contributed by atoms with Crippen LogP contribution in [0.2, 0.25) is 0 Å². The first-order valence-corrected chi connectivity index (χ1v) is 20.6. The van der Waals surface area contributed by atoms with Crippen LogP contribution in [0, 0.1) is 0 Å². The van der Waals surface area contributed by atoms with Crippen LogP contribution in [-0.2, 0) is 5.41 Å². The number of hydrogen-bond donors (Lipinski definition) is 0. The summed E-state index contributed by atoms with van der Waals surface area (Å²) in [4.78, 5) is 2.51. The van der Waals surface area contributed by atoms with E-state index in [0.717, 1.165) is 77.8 Å². The van der Waals surface area contributed by atoms with E-state index in [4.69, 9.17) is 9.15 Å². The minimum absolute atomic E-state index is 0.606. The van der Waals surface area contributed by atoms with E-state index in [2.05, 4.69) is 217 Å². The fourth-order valence-corrected chi connectivity index (χ4v) is 10.5. The zero-order valence-corrected chi connectivity index (χ0v) is 32.5. The number of anilines is 3. The zero-order chi connectivity index (χ0) is 39.4. The molecule has 2 aliphatic rings. The maximum Gasteiger partial charge on any atom is 0.143 e. The third-order valence-electron chi connectivity index (χ3n) is 12.9. The Balaban J connectivity index is 1.17.